The van der Waals surface area contributed by atoms with Crippen LogP contribution in [0.15, 0.2) is 12.3 Å². The van der Waals surface area contributed by atoms with E-state index >= 15 is 0 Å². The third-order valence-corrected chi connectivity index (χ3v) is 4.04. The summed E-state index contributed by atoms with van der Waals surface area (Å²) in [5.41, 5.74) is 0.502. The summed E-state index contributed by atoms with van der Waals surface area (Å²) in [7, 11) is 1.80. The van der Waals surface area contributed by atoms with Gasteiger partial charge in [0.15, 0.2) is 0 Å². The van der Waals surface area contributed by atoms with E-state index in [-0.39, 0.29) is 17.9 Å². The largest absolute Gasteiger partial charge is 0.393 e. The van der Waals surface area contributed by atoms with Gasteiger partial charge < -0.3 is 10.0 Å². The lowest BCUT2D eigenvalue weighted by Crippen LogP contribution is -2.31. The lowest BCUT2D eigenvalue weighted by Gasteiger charge is -2.17. The Balaban J connectivity index is 1.73. The van der Waals surface area contributed by atoms with E-state index in [0.29, 0.717) is 18.2 Å². The van der Waals surface area contributed by atoms with Crippen molar-refractivity contribution in [2.24, 2.45) is 18.9 Å². The van der Waals surface area contributed by atoms with E-state index in [0.717, 1.165) is 19.4 Å². The maximum absolute atomic E-state index is 12.2. The molecule has 1 amide bonds. The van der Waals surface area contributed by atoms with Crippen LogP contribution >= 0.6 is 0 Å². The van der Waals surface area contributed by atoms with E-state index in [2.05, 4.69) is 5.10 Å². The number of aliphatic hydroxyl groups is 1. The number of likely N-dealkylation sites (tertiary alicyclic amines) is 1. The fraction of sp³-hybridized carbons (Fsp3) is 0.667. The average Bonchev–Trinajstić information content (AvgIpc) is 2.96. The molecule has 0 radical (unpaired) electrons. The zero-order valence-corrected chi connectivity index (χ0v) is 9.91. The SMILES string of the molecule is Cn1ccc(C(=O)N2CC3CCC(O)C3C2)n1. The van der Waals surface area contributed by atoms with Gasteiger partial charge in [-0.25, -0.2) is 0 Å². The number of fused-ring (bicyclic) bond motifs is 1. The fourth-order valence-electron chi connectivity index (χ4n) is 3.09. The van der Waals surface area contributed by atoms with Crippen molar-refractivity contribution in [2.45, 2.75) is 18.9 Å². The summed E-state index contributed by atoms with van der Waals surface area (Å²) in [5, 5.41) is 13.9. The highest BCUT2D eigenvalue weighted by molar-refractivity contribution is 5.92. The highest BCUT2D eigenvalue weighted by Gasteiger charge is 2.43. The predicted molar refractivity (Wildman–Crippen MR) is 61.3 cm³/mol. The average molecular weight is 235 g/mol. The van der Waals surface area contributed by atoms with Crippen molar-refractivity contribution < 1.29 is 9.90 Å². The number of hydrogen-bond donors (Lipinski definition) is 1. The Morgan fingerprint density at radius 2 is 2.29 bits per heavy atom. The predicted octanol–water partition coefficient (Wildman–Crippen LogP) is 0.263. The summed E-state index contributed by atoms with van der Waals surface area (Å²) in [6.45, 7) is 1.46. The van der Waals surface area contributed by atoms with Crippen LogP contribution in [-0.2, 0) is 7.05 Å². The van der Waals surface area contributed by atoms with E-state index in [9.17, 15) is 9.90 Å². The molecule has 17 heavy (non-hydrogen) atoms. The summed E-state index contributed by atoms with van der Waals surface area (Å²) in [6.07, 6.45) is 3.49. The van der Waals surface area contributed by atoms with Gasteiger partial charge in [-0.3, -0.25) is 9.48 Å². The van der Waals surface area contributed by atoms with E-state index in [1.54, 1.807) is 24.0 Å². The fourth-order valence-corrected chi connectivity index (χ4v) is 3.09. The van der Waals surface area contributed by atoms with Crippen LogP contribution in [0.2, 0.25) is 0 Å². The first-order valence-corrected chi connectivity index (χ1v) is 6.12. The Labute approximate surface area is 100 Å². The van der Waals surface area contributed by atoms with E-state index < -0.39 is 0 Å². The second-order valence-corrected chi connectivity index (χ2v) is 5.15. The molecule has 1 saturated heterocycles. The zero-order valence-electron chi connectivity index (χ0n) is 9.91. The molecule has 3 unspecified atom stereocenters. The van der Waals surface area contributed by atoms with Crippen LogP contribution in [0, 0.1) is 11.8 Å². The summed E-state index contributed by atoms with van der Waals surface area (Å²) in [5.74, 6) is 0.757. The molecule has 1 aliphatic heterocycles. The molecule has 1 aromatic rings. The highest BCUT2D eigenvalue weighted by Crippen LogP contribution is 2.38. The van der Waals surface area contributed by atoms with Gasteiger partial charge in [-0.2, -0.15) is 5.10 Å². The van der Waals surface area contributed by atoms with Crippen LogP contribution in [0.4, 0.5) is 0 Å². The van der Waals surface area contributed by atoms with Crippen LogP contribution in [0.3, 0.4) is 0 Å². The van der Waals surface area contributed by atoms with Gasteiger partial charge in [-0.05, 0) is 24.8 Å². The molecule has 1 saturated carbocycles. The van der Waals surface area contributed by atoms with Crippen LogP contribution in [-0.4, -0.2) is 44.9 Å². The van der Waals surface area contributed by atoms with Gasteiger partial charge in [-0.1, -0.05) is 0 Å². The molecule has 0 aromatic carbocycles. The number of carbonyl (C=O) groups excluding carboxylic acids is 1. The van der Waals surface area contributed by atoms with Crippen molar-refractivity contribution in [3.05, 3.63) is 18.0 Å². The Bertz CT molecular complexity index is 443. The van der Waals surface area contributed by atoms with Gasteiger partial charge in [-0.15, -0.1) is 0 Å². The van der Waals surface area contributed by atoms with Gasteiger partial charge in [0.25, 0.3) is 5.91 Å². The first-order chi connectivity index (χ1) is 8.15. The second-order valence-electron chi connectivity index (χ2n) is 5.15. The lowest BCUT2D eigenvalue weighted by atomic mass is 10.00. The Kier molecular flexibility index (Phi) is 2.43. The van der Waals surface area contributed by atoms with Crippen molar-refractivity contribution in [3.63, 3.8) is 0 Å². The molecule has 0 spiro atoms. The minimum Gasteiger partial charge on any atom is -0.393 e. The molecule has 2 aliphatic rings. The summed E-state index contributed by atoms with van der Waals surface area (Å²) in [6, 6.07) is 1.74. The molecule has 92 valence electrons. The summed E-state index contributed by atoms with van der Waals surface area (Å²) >= 11 is 0. The molecular weight excluding hydrogens is 218 g/mol. The molecule has 2 fully saturated rings. The van der Waals surface area contributed by atoms with Gasteiger partial charge in [0.05, 0.1) is 6.10 Å². The molecule has 5 heteroatoms. The van der Waals surface area contributed by atoms with Crippen molar-refractivity contribution in [2.75, 3.05) is 13.1 Å². The second kappa shape index (κ2) is 3.84. The maximum Gasteiger partial charge on any atom is 0.274 e. The Hall–Kier alpha value is -1.36. The number of carbonyl (C=O) groups is 1. The van der Waals surface area contributed by atoms with Gasteiger partial charge >= 0.3 is 0 Å². The van der Waals surface area contributed by atoms with Crippen molar-refractivity contribution >= 4 is 5.91 Å². The number of aliphatic hydroxyl groups excluding tert-OH is 1. The highest BCUT2D eigenvalue weighted by atomic mass is 16.3. The number of nitrogens with zero attached hydrogens (tertiary/aromatic N) is 3. The van der Waals surface area contributed by atoms with Gasteiger partial charge in [0, 0.05) is 32.3 Å². The zero-order chi connectivity index (χ0) is 12.0. The first kappa shape index (κ1) is 10.8. The standard InChI is InChI=1S/C12H17N3O2/c1-14-5-4-10(13-14)12(17)15-6-8-2-3-11(16)9(8)7-15/h4-5,8-9,11,16H,2-3,6-7H2,1H3. The van der Waals surface area contributed by atoms with Crippen LogP contribution in [0.25, 0.3) is 0 Å². The summed E-state index contributed by atoms with van der Waals surface area (Å²) < 4.78 is 1.64. The minimum atomic E-state index is -0.221. The number of aromatic nitrogens is 2. The molecule has 3 atom stereocenters. The Morgan fingerprint density at radius 3 is 2.94 bits per heavy atom. The molecule has 1 aromatic heterocycles. The third kappa shape index (κ3) is 1.74. The Morgan fingerprint density at radius 1 is 1.47 bits per heavy atom. The van der Waals surface area contributed by atoms with E-state index in [1.807, 2.05) is 4.90 Å². The first-order valence-electron chi connectivity index (χ1n) is 6.12. The van der Waals surface area contributed by atoms with Gasteiger partial charge in [0.2, 0.25) is 0 Å². The molecule has 1 N–H and O–H groups in total. The molecular formula is C12H17N3O2. The molecule has 3 rings (SSSR count). The lowest BCUT2D eigenvalue weighted by molar-refractivity contribution is 0.0746. The normalized spacial score (nSPS) is 31.9. The topological polar surface area (TPSA) is 58.4 Å². The quantitative estimate of drug-likeness (QED) is 0.759. The smallest absolute Gasteiger partial charge is 0.274 e. The van der Waals surface area contributed by atoms with Crippen molar-refractivity contribution in [1.29, 1.82) is 0 Å². The molecule has 2 heterocycles. The van der Waals surface area contributed by atoms with E-state index in [4.69, 9.17) is 0 Å². The number of rotatable bonds is 1. The van der Waals surface area contributed by atoms with Gasteiger partial charge in [0.1, 0.15) is 5.69 Å². The molecule has 5 nitrogen and oxygen atoms in total. The summed E-state index contributed by atoms with van der Waals surface area (Å²) in [4.78, 5) is 14.0. The number of hydrogen-bond acceptors (Lipinski definition) is 3. The third-order valence-electron chi connectivity index (χ3n) is 4.04. The van der Waals surface area contributed by atoms with Crippen LogP contribution in [0.1, 0.15) is 23.3 Å². The molecule has 0 bridgehead atoms. The maximum atomic E-state index is 12.2. The number of amides is 1. The van der Waals surface area contributed by atoms with Crippen molar-refractivity contribution in [1.82, 2.24) is 14.7 Å². The van der Waals surface area contributed by atoms with Crippen LogP contribution < -0.4 is 0 Å². The molecule has 1 aliphatic carbocycles. The van der Waals surface area contributed by atoms with Crippen LogP contribution in [0.5, 0.6) is 0 Å². The number of aryl methyl sites for hydroxylation is 1. The van der Waals surface area contributed by atoms with E-state index in [1.165, 1.54) is 0 Å². The van der Waals surface area contributed by atoms with Crippen molar-refractivity contribution in [3.8, 4) is 0 Å². The minimum absolute atomic E-state index is 0.00722. The monoisotopic (exact) mass is 235 g/mol.